The number of aliphatic imine (C=N–C) groups is 1. The Morgan fingerprint density at radius 1 is 1.32 bits per heavy atom. The average molecular weight is 480 g/mol. The third-order valence-corrected chi connectivity index (χ3v) is 6.99. The van der Waals surface area contributed by atoms with Crippen molar-refractivity contribution < 1.29 is 26.8 Å². The lowest BCUT2D eigenvalue weighted by atomic mass is 10.0. The quantitative estimate of drug-likeness (QED) is 0.305. The van der Waals surface area contributed by atoms with Gasteiger partial charge in [0.1, 0.15) is 11.5 Å². The first-order valence-corrected chi connectivity index (χ1v) is 11.4. The third-order valence-electron chi connectivity index (χ3n) is 4.53. The minimum absolute atomic E-state index is 0.0353. The lowest BCUT2D eigenvalue weighted by molar-refractivity contribution is -0.0295. The number of nitrogens with one attached hydrogen (secondary N) is 1. The molecule has 1 aromatic carbocycles. The maximum atomic E-state index is 15.2. The number of alkyl halides is 4. The van der Waals surface area contributed by atoms with Gasteiger partial charge in [0.15, 0.2) is 11.5 Å². The molecule has 0 spiro atoms. The van der Waals surface area contributed by atoms with Gasteiger partial charge in [0.05, 0.1) is 26.1 Å². The number of anilines is 1. The normalized spacial score (nSPS) is 17.6. The summed E-state index contributed by atoms with van der Waals surface area (Å²) in [4.78, 5) is 8.10. The Morgan fingerprint density at radius 2 is 1.97 bits per heavy atom. The molecule has 3 N–H and O–H groups in total. The van der Waals surface area contributed by atoms with Crippen LogP contribution >= 0.6 is 19.2 Å². The van der Waals surface area contributed by atoms with Gasteiger partial charge in [0.25, 0.3) is 0 Å². The highest BCUT2D eigenvalue weighted by Gasteiger charge is 2.60. The fourth-order valence-electron chi connectivity index (χ4n) is 3.15. The van der Waals surface area contributed by atoms with Crippen molar-refractivity contribution in [2.24, 2.45) is 10.7 Å². The van der Waals surface area contributed by atoms with E-state index >= 15 is 4.39 Å². The van der Waals surface area contributed by atoms with Crippen LogP contribution in [0.15, 0.2) is 35.6 Å². The van der Waals surface area contributed by atoms with Crippen molar-refractivity contribution in [3.8, 4) is 0 Å². The van der Waals surface area contributed by atoms with E-state index in [0.29, 0.717) is 11.5 Å². The zero-order chi connectivity index (χ0) is 22.8. The molecule has 0 radical (unpaired) electrons. The molecule has 1 aliphatic heterocycles. The van der Waals surface area contributed by atoms with Crippen LogP contribution in [0.2, 0.25) is 0 Å². The number of guanidine groups is 1. The van der Waals surface area contributed by atoms with Crippen LogP contribution < -0.4 is 11.1 Å². The number of hydrogen-bond donors (Lipinski definition) is 2. The average Bonchev–Trinajstić information content (AvgIpc) is 3.11. The molecule has 8 nitrogen and oxygen atoms in total. The zero-order valence-corrected chi connectivity index (χ0v) is 18.4. The maximum Gasteiger partial charge on any atom is 0.403 e. The second-order valence-corrected chi connectivity index (χ2v) is 9.08. The minimum Gasteiger partial charge on any atom is -0.370 e. The molecule has 0 aliphatic carbocycles. The first-order valence-electron chi connectivity index (χ1n) is 9.42. The van der Waals surface area contributed by atoms with Crippen molar-refractivity contribution in [3.05, 3.63) is 47.4 Å². The van der Waals surface area contributed by atoms with Crippen LogP contribution in [0.1, 0.15) is 42.3 Å². The number of hydrogen-bond acceptors (Lipinski definition) is 7. The standard InChI is InChI=1S/C18H22ClF3N5O3P/c1-3-29-31(28,30-4-2)18(21,22)14(20)12-8-6-5-7-11(12)9-27-10-24-13-15(19)25-17(23)26-16(13)27/h5-8,10,14-15H,3-4,9H2,1-2H3,(H3,23,25,26). The number of benzene rings is 1. The van der Waals surface area contributed by atoms with E-state index in [2.05, 4.69) is 15.3 Å². The first kappa shape index (κ1) is 23.6. The Morgan fingerprint density at radius 3 is 2.61 bits per heavy atom. The van der Waals surface area contributed by atoms with E-state index in [9.17, 15) is 13.3 Å². The Kier molecular flexibility index (Phi) is 7.00. The van der Waals surface area contributed by atoms with E-state index in [0.717, 1.165) is 0 Å². The monoisotopic (exact) mass is 479 g/mol. The van der Waals surface area contributed by atoms with Gasteiger partial charge >= 0.3 is 13.3 Å². The van der Waals surface area contributed by atoms with E-state index in [1.165, 1.54) is 38.4 Å². The summed E-state index contributed by atoms with van der Waals surface area (Å²) in [5.74, 6) is 0.477. The molecule has 0 bridgehead atoms. The summed E-state index contributed by atoms with van der Waals surface area (Å²) in [7, 11) is -5.06. The maximum absolute atomic E-state index is 15.2. The smallest absolute Gasteiger partial charge is 0.370 e. The largest absolute Gasteiger partial charge is 0.403 e. The van der Waals surface area contributed by atoms with Crippen LogP contribution in [0.5, 0.6) is 0 Å². The van der Waals surface area contributed by atoms with Crippen molar-refractivity contribution in [2.45, 2.75) is 37.7 Å². The lowest BCUT2D eigenvalue weighted by Gasteiger charge is -2.29. The molecule has 0 amide bonds. The number of halogens is 4. The molecule has 2 aromatic rings. The Balaban J connectivity index is 1.96. The summed E-state index contributed by atoms with van der Waals surface area (Å²) in [6.45, 7) is 2.06. The van der Waals surface area contributed by atoms with E-state index in [1.54, 1.807) is 10.6 Å². The summed E-state index contributed by atoms with van der Waals surface area (Å²) in [6.07, 6.45) is -1.53. The molecule has 0 fully saturated rings. The number of rotatable bonds is 9. The topological polar surface area (TPSA) is 104 Å². The number of aromatic nitrogens is 2. The van der Waals surface area contributed by atoms with Crippen molar-refractivity contribution in [2.75, 3.05) is 18.5 Å². The van der Waals surface area contributed by atoms with Gasteiger partial charge < -0.3 is 24.7 Å². The first-order chi connectivity index (χ1) is 14.6. The summed E-state index contributed by atoms with van der Waals surface area (Å²) in [5.41, 5.74) is 0.738. The molecule has 1 aromatic heterocycles. The lowest BCUT2D eigenvalue weighted by Crippen LogP contribution is -2.29. The fraction of sp³-hybridized carbons (Fsp3) is 0.444. The molecule has 31 heavy (non-hydrogen) atoms. The molecule has 2 unspecified atom stereocenters. The Labute approximate surface area is 182 Å². The highest BCUT2D eigenvalue weighted by molar-refractivity contribution is 7.55. The van der Waals surface area contributed by atoms with Gasteiger partial charge in [-0.1, -0.05) is 35.9 Å². The number of fused-ring (bicyclic) bond motifs is 1. The van der Waals surface area contributed by atoms with Gasteiger partial charge in [-0.2, -0.15) is 8.78 Å². The number of nitrogens with two attached hydrogens (primary N) is 1. The molecular weight excluding hydrogens is 458 g/mol. The summed E-state index contributed by atoms with van der Waals surface area (Å²) in [5, 5.41) is 2.81. The van der Waals surface area contributed by atoms with E-state index in [-0.39, 0.29) is 36.8 Å². The second-order valence-electron chi connectivity index (χ2n) is 6.56. The fourth-order valence-corrected chi connectivity index (χ4v) is 4.93. The van der Waals surface area contributed by atoms with Gasteiger partial charge in [-0.25, -0.2) is 14.4 Å². The summed E-state index contributed by atoms with van der Waals surface area (Å²) >= 11 is 6.11. The molecule has 13 heteroatoms. The molecule has 0 saturated heterocycles. The molecule has 0 saturated carbocycles. The SMILES string of the molecule is CCOP(=O)(OCC)C(F)(F)C(F)c1ccccc1Cn1cnc2c1NC(N)=NC2Cl. The number of nitrogens with zero attached hydrogens (tertiary/aromatic N) is 3. The third kappa shape index (κ3) is 4.45. The van der Waals surface area contributed by atoms with E-state index in [4.69, 9.17) is 26.4 Å². The van der Waals surface area contributed by atoms with Gasteiger partial charge in [0, 0.05) is 0 Å². The minimum atomic E-state index is -5.06. The van der Waals surface area contributed by atoms with Crippen LogP contribution in [0.25, 0.3) is 0 Å². The van der Waals surface area contributed by atoms with Crippen LogP contribution in [0, 0.1) is 0 Å². The summed E-state index contributed by atoms with van der Waals surface area (Å²) < 4.78 is 68.8. The summed E-state index contributed by atoms with van der Waals surface area (Å²) in [6, 6.07) is 5.67. The van der Waals surface area contributed by atoms with E-state index < -0.39 is 24.9 Å². The van der Waals surface area contributed by atoms with Crippen LogP contribution in [0.3, 0.4) is 0 Å². The van der Waals surface area contributed by atoms with E-state index in [1.807, 2.05) is 0 Å². The molecule has 2 atom stereocenters. The van der Waals surface area contributed by atoms with Gasteiger partial charge in [-0.15, -0.1) is 0 Å². The van der Waals surface area contributed by atoms with Crippen molar-refractivity contribution >= 4 is 31.0 Å². The van der Waals surface area contributed by atoms with Crippen LogP contribution in [0.4, 0.5) is 19.0 Å². The number of imidazole rings is 1. The van der Waals surface area contributed by atoms with Gasteiger partial charge in [0.2, 0.25) is 6.17 Å². The molecule has 1 aliphatic rings. The van der Waals surface area contributed by atoms with Gasteiger partial charge in [-0.05, 0) is 25.0 Å². The molecular formula is C18H22ClF3N5O3P. The molecule has 2 heterocycles. The van der Waals surface area contributed by atoms with Crippen LogP contribution in [-0.4, -0.2) is 34.4 Å². The van der Waals surface area contributed by atoms with Crippen molar-refractivity contribution in [3.63, 3.8) is 0 Å². The second kappa shape index (κ2) is 9.20. The Bertz CT molecular complexity index is 1010. The molecule has 3 rings (SSSR count). The predicted molar refractivity (Wildman–Crippen MR) is 111 cm³/mol. The van der Waals surface area contributed by atoms with Crippen molar-refractivity contribution in [1.29, 1.82) is 0 Å². The van der Waals surface area contributed by atoms with Crippen LogP contribution in [-0.2, 0) is 20.2 Å². The van der Waals surface area contributed by atoms with Gasteiger partial charge in [-0.3, -0.25) is 4.57 Å². The van der Waals surface area contributed by atoms with Crippen molar-refractivity contribution in [1.82, 2.24) is 9.55 Å². The Hall–Kier alpha value is -2.07. The molecule has 170 valence electrons. The highest BCUT2D eigenvalue weighted by Crippen LogP contribution is 2.67. The predicted octanol–water partition coefficient (Wildman–Crippen LogP) is 4.78. The highest BCUT2D eigenvalue weighted by atomic mass is 35.5. The zero-order valence-electron chi connectivity index (χ0n) is 16.8.